The second kappa shape index (κ2) is 9.15. The lowest BCUT2D eigenvalue weighted by Crippen LogP contribution is -2.47. The van der Waals surface area contributed by atoms with Gasteiger partial charge in [0, 0.05) is 24.2 Å². The fourth-order valence-electron chi connectivity index (χ4n) is 3.40. The number of hydrogen-bond donors (Lipinski definition) is 1. The number of sulfonamides is 1. The number of likely N-dealkylation sites (tertiary alicyclic amines) is 1. The number of nitrogens with zero attached hydrogens (tertiary/aromatic N) is 1. The number of hydrogen-bond acceptors (Lipinski definition) is 4. The molecule has 2 aromatic rings. The van der Waals surface area contributed by atoms with E-state index in [9.17, 15) is 13.2 Å². The smallest absolute Gasteiger partial charge is 0.260 e. The maximum Gasteiger partial charge on any atom is 0.260 e. The van der Waals surface area contributed by atoms with Crippen molar-refractivity contribution in [3.05, 3.63) is 58.6 Å². The third-order valence-corrected chi connectivity index (χ3v) is 6.90. The molecule has 0 atom stereocenters. The van der Waals surface area contributed by atoms with Gasteiger partial charge in [-0.15, -0.1) is 0 Å². The number of rotatable bonds is 6. The molecule has 0 bridgehead atoms. The normalized spacial score (nSPS) is 15.3. The maximum absolute atomic E-state index is 12.7. The minimum Gasteiger partial charge on any atom is -0.484 e. The Balaban J connectivity index is 1.50. The van der Waals surface area contributed by atoms with Gasteiger partial charge in [0.15, 0.2) is 6.61 Å². The Kier molecular flexibility index (Phi) is 6.82. The van der Waals surface area contributed by atoms with Crippen molar-refractivity contribution in [2.24, 2.45) is 0 Å². The van der Waals surface area contributed by atoms with Gasteiger partial charge in [0.05, 0.1) is 4.90 Å². The average Bonchev–Trinajstić information content (AvgIpc) is 2.67. The molecule has 1 aliphatic heterocycles. The molecule has 1 saturated heterocycles. The highest BCUT2D eigenvalue weighted by Crippen LogP contribution is 2.20. The van der Waals surface area contributed by atoms with Crippen molar-refractivity contribution in [1.29, 1.82) is 0 Å². The summed E-state index contributed by atoms with van der Waals surface area (Å²) in [5, 5.41) is 0.606. The van der Waals surface area contributed by atoms with Gasteiger partial charge in [-0.25, -0.2) is 13.1 Å². The molecule has 0 aromatic heterocycles. The molecule has 0 radical (unpaired) electrons. The summed E-state index contributed by atoms with van der Waals surface area (Å²) >= 11 is 5.83. The number of ether oxygens (including phenoxy) is 1. The Hall–Kier alpha value is -2.09. The van der Waals surface area contributed by atoms with Crippen LogP contribution in [0, 0.1) is 13.8 Å². The predicted molar refractivity (Wildman–Crippen MR) is 113 cm³/mol. The molecule has 6 nitrogen and oxygen atoms in total. The molecule has 1 heterocycles. The SMILES string of the molecule is Cc1ccc(S(=O)(=O)NC2CCN(C(=O)COc3ccc(Cl)cc3)CC2)c(C)c1. The lowest BCUT2D eigenvalue weighted by Gasteiger charge is -2.32. The zero-order valence-electron chi connectivity index (χ0n) is 16.5. The Morgan fingerprint density at radius 1 is 1.14 bits per heavy atom. The van der Waals surface area contributed by atoms with Gasteiger partial charge in [0.2, 0.25) is 10.0 Å². The predicted octanol–water partition coefficient (Wildman–Crippen LogP) is 3.31. The van der Waals surface area contributed by atoms with Crippen molar-refractivity contribution in [1.82, 2.24) is 9.62 Å². The van der Waals surface area contributed by atoms with E-state index in [4.69, 9.17) is 16.3 Å². The van der Waals surface area contributed by atoms with Gasteiger partial charge in [0.1, 0.15) is 5.75 Å². The van der Waals surface area contributed by atoms with Gasteiger partial charge in [-0.05, 0) is 62.6 Å². The molecule has 3 rings (SSSR count). The molecule has 156 valence electrons. The molecule has 1 aliphatic rings. The maximum atomic E-state index is 12.7. The first kappa shape index (κ1) is 21.6. The number of aryl methyl sites for hydroxylation is 2. The van der Waals surface area contributed by atoms with E-state index in [0.29, 0.717) is 41.6 Å². The van der Waals surface area contributed by atoms with Crippen molar-refractivity contribution in [2.45, 2.75) is 37.6 Å². The summed E-state index contributed by atoms with van der Waals surface area (Å²) in [6, 6.07) is 11.9. The van der Waals surface area contributed by atoms with Crippen LogP contribution in [0.4, 0.5) is 0 Å². The van der Waals surface area contributed by atoms with Crippen LogP contribution in [-0.2, 0) is 14.8 Å². The molecule has 0 unspecified atom stereocenters. The Bertz CT molecular complexity index is 969. The fraction of sp³-hybridized carbons (Fsp3) is 0.381. The minimum absolute atomic E-state index is 0.0550. The van der Waals surface area contributed by atoms with E-state index in [-0.39, 0.29) is 18.6 Å². The summed E-state index contributed by atoms with van der Waals surface area (Å²) in [5.41, 5.74) is 1.75. The van der Waals surface area contributed by atoms with Crippen LogP contribution < -0.4 is 9.46 Å². The monoisotopic (exact) mass is 436 g/mol. The van der Waals surface area contributed by atoms with Crippen LogP contribution in [0.15, 0.2) is 47.4 Å². The molecule has 1 fully saturated rings. The van der Waals surface area contributed by atoms with Gasteiger partial charge in [0.25, 0.3) is 5.91 Å². The van der Waals surface area contributed by atoms with Gasteiger partial charge in [-0.3, -0.25) is 4.79 Å². The lowest BCUT2D eigenvalue weighted by molar-refractivity contribution is -0.134. The van der Waals surface area contributed by atoms with Crippen molar-refractivity contribution >= 4 is 27.5 Å². The first-order valence-corrected chi connectivity index (χ1v) is 11.4. The fourth-order valence-corrected chi connectivity index (χ4v) is 5.06. The number of nitrogens with one attached hydrogen (secondary N) is 1. The summed E-state index contributed by atoms with van der Waals surface area (Å²) in [6.07, 6.45) is 1.13. The zero-order valence-corrected chi connectivity index (χ0v) is 18.1. The van der Waals surface area contributed by atoms with Crippen molar-refractivity contribution in [3.8, 4) is 5.75 Å². The molecule has 8 heteroatoms. The van der Waals surface area contributed by atoms with Gasteiger partial charge in [-0.2, -0.15) is 0 Å². The summed E-state index contributed by atoms with van der Waals surface area (Å²) in [7, 11) is -3.58. The van der Waals surface area contributed by atoms with Crippen LogP contribution in [0.1, 0.15) is 24.0 Å². The molecule has 2 aromatic carbocycles. The number of benzene rings is 2. The van der Waals surface area contributed by atoms with Crippen LogP contribution in [0.5, 0.6) is 5.75 Å². The molecular weight excluding hydrogens is 412 g/mol. The molecular formula is C21H25ClN2O4S. The quantitative estimate of drug-likeness (QED) is 0.753. The first-order valence-electron chi connectivity index (χ1n) is 9.50. The minimum atomic E-state index is -3.58. The van der Waals surface area contributed by atoms with E-state index in [1.165, 1.54) is 0 Å². The summed E-state index contributed by atoms with van der Waals surface area (Å²) in [5.74, 6) is 0.467. The van der Waals surface area contributed by atoms with Crippen LogP contribution in [-0.4, -0.2) is 45.0 Å². The van der Waals surface area contributed by atoms with Crippen LogP contribution in [0.2, 0.25) is 5.02 Å². The highest BCUT2D eigenvalue weighted by Gasteiger charge is 2.27. The third-order valence-electron chi connectivity index (χ3n) is 4.97. The summed E-state index contributed by atoms with van der Waals surface area (Å²) in [4.78, 5) is 14.4. The first-order chi connectivity index (χ1) is 13.7. The molecule has 0 saturated carbocycles. The lowest BCUT2D eigenvalue weighted by atomic mass is 10.1. The Morgan fingerprint density at radius 2 is 1.79 bits per heavy atom. The molecule has 0 spiro atoms. The van der Waals surface area contributed by atoms with Crippen molar-refractivity contribution in [3.63, 3.8) is 0 Å². The second-order valence-electron chi connectivity index (χ2n) is 7.29. The third kappa shape index (κ3) is 5.72. The molecule has 29 heavy (non-hydrogen) atoms. The summed E-state index contributed by atoms with van der Waals surface area (Å²) < 4.78 is 33.7. The van der Waals surface area contributed by atoms with Gasteiger partial charge >= 0.3 is 0 Å². The molecule has 0 aliphatic carbocycles. The van der Waals surface area contributed by atoms with Crippen LogP contribution >= 0.6 is 11.6 Å². The van der Waals surface area contributed by atoms with Crippen LogP contribution in [0.3, 0.4) is 0 Å². The standard InChI is InChI=1S/C21H25ClN2O4S/c1-15-3-8-20(16(2)13-15)29(26,27)23-18-9-11-24(12-10-18)21(25)14-28-19-6-4-17(22)5-7-19/h3-8,13,18,23H,9-12,14H2,1-2H3. The Morgan fingerprint density at radius 3 is 2.41 bits per heavy atom. The number of carbonyl (C=O) groups is 1. The van der Waals surface area contributed by atoms with E-state index in [2.05, 4.69) is 4.72 Å². The largest absolute Gasteiger partial charge is 0.484 e. The van der Waals surface area contributed by atoms with E-state index in [0.717, 1.165) is 11.1 Å². The topological polar surface area (TPSA) is 75.7 Å². The van der Waals surface area contributed by atoms with E-state index in [1.807, 2.05) is 13.0 Å². The van der Waals surface area contributed by atoms with Gasteiger partial charge in [-0.1, -0.05) is 29.3 Å². The van der Waals surface area contributed by atoms with Crippen molar-refractivity contribution in [2.75, 3.05) is 19.7 Å². The highest BCUT2D eigenvalue weighted by molar-refractivity contribution is 7.89. The molecule has 1 N–H and O–H groups in total. The number of piperidine rings is 1. The highest BCUT2D eigenvalue weighted by atomic mass is 35.5. The second-order valence-corrected chi connectivity index (χ2v) is 9.41. The number of halogens is 1. The van der Waals surface area contributed by atoms with Crippen LogP contribution in [0.25, 0.3) is 0 Å². The van der Waals surface area contributed by atoms with E-state index in [1.54, 1.807) is 48.2 Å². The Labute approximate surface area is 176 Å². The summed E-state index contributed by atoms with van der Waals surface area (Å²) in [6.45, 7) is 4.65. The number of amides is 1. The average molecular weight is 437 g/mol. The van der Waals surface area contributed by atoms with E-state index >= 15 is 0 Å². The van der Waals surface area contributed by atoms with E-state index < -0.39 is 10.0 Å². The number of carbonyl (C=O) groups excluding carboxylic acids is 1. The molecule has 1 amide bonds. The van der Waals surface area contributed by atoms with Crippen molar-refractivity contribution < 1.29 is 17.9 Å². The zero-order chi connectivity index (χ0) is 21.0. The van der Waals surface area contributed by atoms with Gasteiger partial charge < -0.3 is 9.64 Å².